The number of imidazole rings is 1. The SMILES string of the molecule is Cc1cn(C(C)(C)C(=O)NCC2CCC3(CCOCC3)O2)cn1. The number of hydrogen-bond acceptors (Lipinski definition) is 4. The molecule has 2 saturated heterocycles. The number of carbonyl (C=O) groups excluding carboxylic acids is 1. The van der Waals surface area contributed by atoms with Crippen LogP contribution in [0.3, 0.4) is 0 Å². The largest absolute Gasteiger partial charge is 0.381 e. The van der Waals surface area contributed by atoms with Gasteiger partial charge in [-0.3, -0.25) is 4.79 Å². The first kappa shape index (κ1) is 16.5. The zero-order valence-corrected chi connectivity index (χ0v) is 14.3. The van der Waals surface area contributed by atoms with Crippen LogP contribution < -0.4 is 5.32 Å². The number of ether oxygens (including phenoxy) is 2. The van der Waals surface area contributed by atoms with E-state index in [9.17, 15) is 4.79 Å². The minimum absolute atomic E-state index is 0.00794. The summed E-state index contributed by atoms with van der Waals surface area (Å²) in [4.78, 5) is 16.8. The second-order valence-electron chi connectivity index (χ2n) is 7.27. The van der Waals surface area contributed by atoms with E-state index in [1.165, 1.54) is 0 Å². The van der Waals surface area contributed by atoms with Gasteiger partial charge in [-0.15, -0.1) is 0 Å². The van der Waals surface area contributed by atoms with Crippen molar-refractivity contribution in [2.24, 2.45) is 0 Å². The molecule has 0 aromatic carbocycles. The molecule has 1 N–H and O–H groups in total. The summed E-state index contributed by atoms with van der Waals surface area (Å²) in [6.45, 7) is 7.86. The maximum Gasteiger partial charge on any atom is 0.245 e. The molecule has 2 aliphatic rings. The first-order valence-corrected chi connectivity index (χ1v) is 8.46. The lowest BCUT2D eigenvalue weighted by Crippen LogP contribution is -2.46. The number of carbonyl (C=O) groups is 1. The van der Waals surface area contributed by atoms with Crippen LogP contribution in [0, 0.1) is 6.92 Å². The molecule has 2 fully saturated rings. The Hall–Kier alpha value is -1.40. The summed E-state index contributed by atoms with van der Waals surface area (Å²) < 4.78 is 13.5. The molecule has 1 spiro atoms. The summed E-state index contributed by atoms with van der Waals surface area (Å²) in [6.07, 6.45) is 7.72. The molecule has 0 saturated carbocycles. The highest BCUT2D eigenvalue weighted by molar-refractivity contribution is 5.83. The molecule has 1 amide bonds. The summed E-state index contributed by atoms with van der Waals surface area (Å²) >= 11 is 0. The zero-order valence-electron chi connectivity index (χ0n) is 14.3. The van der Waals surface area contributed by atoms with Crippen molar-refractivity contribution >= 4 is 5.91 Å². The van der Waals surface area contributed by atoms with E-state index >= 15 is 0 Å². The van der Waals surface area contributed by atoms with Crippen molar-refractivity contribution in [2.45, 2.75) is 63.7 Å². The van der Waals surface area contributed by atoms with E-state index in [4.69, 9.17) is 9.47 Å². The Balaban J connectivity index is 1.53. The molecule has 128 valence electrons. The predicted molar refractivity (Wildman–Crippen MR) is 86.2 cm³/mol. The molecule has 3 rings (SSSR count). The minimum Gasteiger partial charge on any atom is -0.381 e. The van der Waals surface area contributed by atoms with Gasteiger partial charge in [-0.1, -0.05) is 0 Å². The standard InChI is InChI=1S/C17H27N3O3/c1-13-11-20(12-19-13)16(2,3)15(21)18-10-14-4-5-17(23-14)6-8-22-9-7-17/h11-12,14H,4-10H2,1-3H3,(H,18,21). The molecule has 1 unspecified atom stereocenters. The van der Waals surface area contributed by atoms with Crippen LogP contribution in [0.5, 0.6) is 0 Å². The molecule has 23 heavy (non-hydrogen) atoms. The second-order valence-corrected chi connectivity index (χ2v) is 7.27. The Morgan fingerprint density at radius 3 is 2.83 bits per heavy atom. The normalized spacial score (nSPS) is 24.0. The smallest absolute Gasteiger partial charge is 0.245 e. The fraction of sp³-hybridized carbons (Fsp3) is 0.765. The van der Waals surface area contributed by atoms with Crippen LogP contribution in [0.2, 0.25) is 0 Å². The lowest BCUT2D eigenvalue weighted by Gasteiger charge is -2.33. The maximum atomic E-state index is 12.6. The number of nitrogens with zero attached hydrogens (tertiary/aromatic N) is 2. The number of hydrogen-bond donors (Lipinski definition) is 1. The molecule has 0 radical (unpaired) electrons. The summed E-state index contributed by atoms with van der Waals surface area (Å²) in [7, 11) is 0. The molecule has 1 aromatic heterocycles. The number of rotatable bonds is 4. The van der Waals surface area contributed by atoms with Gasteiger partial charge in [0.15, 0.2) is 0 Å². The highest BCUT2D eigenvalue weighted by Crippen LogP contribution is 2.38. The van der Waals surface area contributed by atoms with E-state index in [0.717, 1.165) is 44.6 Å². The van der Waals surface area contributed by atoms with Gasteiger partial charge < -0.3 is 19.4 Å². The average molecular weight is 321 g/mol. The van der Waals surface area contributed by atoms with E-state index in [2.05, 4.69) is 10.3 Å². The monoisotopic (exact) mass is 321 g/mol. The zero-order chi connectivity index (χ0) is 16.5. The van der Waals surface area contributed by atoms with Crippen molar-refractivity contribution in [1.82, 2.24) is 14.9 Å². The number of nitrogens with one attached hydrogen (secondary N) is 1. The number of aromatic nitrogens is 2. The van der Waals surface area contributed by atoms with Gasteiger partial charge in [0.1, 0.15) is 5.54 Å². The van der Waals surface area contributed by atoms with Gasteiger partial charge >= 0.3 is 0 Å². The molecule has 6 nitrogen and oxygen atoms in total. The topological polar surface area (TPSA) is 65.4 Å². The van der Waals surface area contributed by atoms with E-state index in [0.29, 0.717) is 6.54 Å². The van der Waals surface area contributed by atoms with Crippen molar-refractivity contribution in [3.8, 4) is 0 Å². The summed E-state index contributed by atoms with van der Waals surface area (Å²) in [6, 6.07) is 0. The Morgan fingerprint density at radius 1 is 1.43 bits per heavy atom. The third-order valence-corrected chi connectivity index (χ3v) is 5.15. The van der Waals surface area contributed by atoms with Crippen molar-refractivity contribution in [1.29, 1.82) is 0 Å². The van der Waals surface area contributed by atoms with Gasteiger partial charge in [-0.2, -0.15) is 0 Å². The molecular weight excluding hydrogens is 294 g/mol. The van der Waals surface area contributed by atoms with E-state index in [1.807, 2.05) is 31.5 Å². The van der Waals surface area contributed by atoms with Gasteiger partial charge in [-0.25, -0.2) is 4.98 Å². The molecule has 0 aliphatic carbocycles. The van der Waals surface area contributed by atoms with Crippen LogP contribution in [0.15, 0.2) is 12.5 Å². The van der Waals surface area contributed by atoms with Crippen LogP contribution in [0.25, 0.3) is 0 Å². The average Bonchev–Trinajstić information content (AvgIpc) is 3.13. The summed E-state index contributed by atoms with van der Waals surface area (Å²) in [5.74, 6) is -0.00794. The Labute approximate surface area is 137 Å². The van der Waals surface area contributed by atoms with Gasteiger partial charge in [-0.05, 0) is 46.5 Å². The van der Waals surface area contributed by atoms with Crippen molar-refractivity contribution in [3.05, 3.63) is 18.2 Å². The highest BCUT2D eigenvalue weighted by Gasteiger charge is 2.41. The predicted octanol–water partition coefficient (Wildman–Crippen LogP) is 1.77. The molecule has 1 aromatic rings. The number of amides is 1. The molecule has 0 bridgehead atoms. The second kappa shape index (κ2) is 6.24. The van der Waals surface area contributed by atoms with Gasteiger partial charge in [0.2, 0.25) is 5.91 Å². The minimum atomic E-state index is -0.657. The van der Waals surface area contributed by atoms with Crippen molar-refractivity contribution in [3.63, 3.8) is 0 Å². The molecule has 1 atom stereocenters. The Morgan fingerprint density at radius 2 is 2.17 bits per heavy atom. The third-order valence-electron chi connectivity index (χ3n) is 5.15. The highest BCUT2D eigenvalue weighted by atomic mass is 16.5. The molecule has 2 aliphatic heterocycles. The summed E-state index contributed by atoms with van der Waals surface area (Å²) in [5, 5.41) is 3.05. The van der Waals surface area contributed by atoms with E-state index < -0.39 is 5.54 Å². The van der Waals surface area contributed by atoms with Crippen LogP contribution >= 0.6 is 0 Å². The fourth-order valence-corrected chi connectivity index (χ4v) is 3.42. The molecule has 3 heterocycles. The Kier molecular flexibility index (Phi) is 4.47. The fourth-order valence-electron chi connectivity index (χ4n) is 3.42. The first-order valence-electron chi connectivity index (χ1n) is 8.46. The Bertz CT molecular complexity index is 561. The van der Waals surface area contributed by atoms with Crippen molar-refractivity contribution < 1.29 is 14.3 Å². The van der Waals surface area contributed by atoms with Gasteiger partial charge in [0, 0.05) is 26.0 Å². The first-order chi connectivity index (χ1) is 10.9. The van der Waals surface area contributed by atoms with Crippen LogP contribution in [-0.2, 0) is 19.8 Å². The van der Waals surface area contributed by atoms with E-state index in [1.54, 1.807) is 6.33 Å². The van der Waals surface area contributed by atoms with Gasteiger partial charge in [0.05, 0.1) is 23.7 Å². The third kappa shape index (κ3) is 3.43. The lowest BCUT2D eigenvalue weighted by molar-refractivity contribution is -0.130. The van der Waals surface area contributed by atoms with Crippen molar-refractivity contribution in [2.75, 3.05) is 19.8 Å². The van der Waals surface area contributed by atoms with Crippen LogP contribution in [0.1, 0.15) is 45.2 Å². The maximum absolute atomic E-state index is 12.6. The van der Waals surface area contributed by atoms with Crippen LogP contribution in [0.4, 0.5) is 0 Å². The summed E-state index contributed by atoms with van der Waals surface area (Å²) in [5.41, 5.74) is 0.243. The molecule has 6 heteroatoms. The lowest BCUT2D eigenvalue weighted by atomic mass is 9.91. The van der Waals surface area contributed by atoms with Gasteiger partial charge in [0.25, 0.3) is 0 Å². The number of aryl methyl sites for hydroxylation is 1. The van der Waals surface area contributed by atoms with Crippen LogP contribution in [-0.4, -0.2) is 46.9 Å². The molecular formula is C17H27N3O3. The quantitative estimate of drug-likeness (QED) is 0.918. The van der Waals surface area contributed by atoms with E-state index in [-0.39, 0.29) is 17.6 Å².